The summed E-state index contributed by atoms with van der Waals surface area (Å²) in [6, 6.07) is 22.3. The number of benzene rings is 3. The normalized spacial score (nSPS) is 11.8. The van der Waals surface area contributed by atoms with Gasteiger partial charge in [0.15, 0.2) is 0 Å². The van der Waals surface area contributed by atoms with Crippen molar-refractivity contribution >= 4 is 16.8 Å². The van der Waals surface area contributed by atoms with Gasteiger partial charge in [0.25, 0.3) is 0 Å². The average molecular weight is 496 g/mol. The van der Waals surface area contributed by atoms with Crippen LogP contribution in [0.3, 0.4) is 0 Å². The van der Waals surface area contributed by atoms with Gasteiger partial charge in [0, 0.05) is 28.9 Å². The number of ether oxygens (including phenoxy) is 1. The highest BCUT2D eigenvalue weighted by Crippen LogP contribution is 2.30. The SMILES string of the molecule is COc1ccc(-c2cccnc2C(Cc2cccc(F)c2)NC(=O)Cc2c[nH]c3ccc(O)cc23)cc1. The van der Waals surface area contributed by atoms with E-state index in [1.807, 2.05) is 42.5 Å². The number of amides is 1. The van der Waals surface area contributed by atoms with Gasteiger partial charge in [0.1, 0.15) is 17.3 Å². The molecule has 0 saturated carbocycles. The number of nitrogens with one attached hydrogen (secondary N) is 2. The van der Waals surface area contributed by atoms with Gasteiger partial charge in [-0.2, -0.15) is 0 Å². The van der Waals surface area contributed by atoms with E-state index in [1.54, 1.807) is 43.8 Å². The minimum Gasteiger partial charge on any atom is -0.508 e. The topological polar surface area (TPSA) is 87.2 Å². The summed E-state index contributed by atoms with van der Waals surface area (Å²) < 4.78 is 19.3. The fourth-order valence-electron chi connectivity index (χ4n) is 4.56. The van der Waals surface area contributed by atoms with E-state index < -0.39 is 6.04 Å². The molecular formula is C30H26FN3O3. The molecular weight excluding hydrogens is 469 g/mol. The van der Waals surface area contributed by atoms with E-state index in [4.69, 9.17) is 4.74 Å². The maximum atomic E-state index is 14.0. The second-order valence-electron chi connectivity index (χ2n) is 8.84. The third-order valence-corrected chi connectivity index (χ3v) is 6.34. The standard InChI is InChI=1S/C30H26FN3O3/c1-37-24-10-7-20(8-11-24)25-6-3-13-32-30(25)28(15-19-4-2-5-22(31)14-19)34-29(36)16-21-18-33-27-12-9-23(35)17-26(21)27/h2-14,17-18,28,33,35H,15-16H2,1H3,(H,34,36). The second kappa shape index (κ2) is 10.5. The molecule has 3 aromatic carbocycles. The number of fused-ring (bicyclic) bond motifs is 1. The largest absolute Gasteiger partial charge is 0.508 e. The first-order valence-electron chi connectivity index (χ1n) is 11.9. The molecule has 1 unspecified atom stereocenters. The summed E-state index contributed by atoms with van der Waals surface area (Å²) >= 11 is 0. The van der Waals surface area contributed by atoms with Gasteiger partial charge < -0.3 is 20.1 Å². The number of pyridine rings is 1. The molecule has 0 radical (unpaired) electrons. The summed E-state index contributed by atoms with van der Waals surface area (Å²) in [7, 11) is 1.62. The van der Waals surface area contributed by atoms with Crippen molar-refractivity contribution < 1.29 is 19.0 Å². The predicted octanol–water partition coefficient (Wildman–Crippen LogP) is 5.73. The number of aromatic nitrogens is 2. The second-order valence-corrected chi connectivity index (χ2v) is 8.84. The highest BCUT2D eigenvalue weighted by Gasteiger charge is 2.22. The number of halogens is 1. The minimum atomic E-state index is -0.508. The van der Waals surface area contributed by atoms with Crippen LogP contribution in [-0.2, 0) is 17.6 Å². The van der Waals surface area contributed by atoms with Gasteiger partial charge in [-0.05, 0) is 71.6 Å². The molecule has 7 heteroatoms. The molecule has 1 atom stereocenters. The average Bonchev–Trinajstić information content (AvgIpc) is 3.30. The number of aromatic hydroxyl groups is 1. The van der Waals surface area contributed by atoms with Gasteiger partial charge in [-0.1, -0.05) is 30.3 Å². The molecule has 5 aromatic rings. The van der Waals surface area contributed by atoms with E-state index in [9.17, 15) is 14.3 Å². The molecule has 2 heterocycles. The van der Waals surface area contributed by atoms with Crippen LogP contribution in [0.15, 0.2) is 91.3 Å². The van der Waals surface area contributed by atoms with Gasteiger partial charge in [-0.3, -0.25) is 9.78 Å². The fraction of sp³-hybridized carbons (Fsp3) is 0.133. The van der Waals surface area contributed by atoms with Crippen LogP contribution in [0, 0.1) is 5.82 Å². The third kappa shape index (κ3) is 5.46. The van der Waals surface area contributed by atoms with E-state index >= 15 is 0 Å². The van der Waals surface area contributed by atoms with Gasteiger partial charge in [-0.25, -0.2) is 4.39 Å². The first-order chi connectivity index (χ1) is 18.0. The van der Waals surface area contributed by atoms with Crippen molar-refractivity contribution in [2.24, 2.45) is 0 Å². The van der Waals surface area contributed by atoms with Crippen LogP contribution >= 0.6 is 0 Å². The molecule has 3 N–H and O–H groups in total. The molecule has 2 aromatic heterocycles. The maximum Gasteiger partial charge on any atom is 0.225 e. The first-order valence-corrected chi connectivity index (χ1v) is 11.9. The Morgan fingerprint density at radius 3 is 2.70 bits per heavy atom. The van der Waals surface area contributed by atoms with Crippen molar-refractivity contribution in [2.75, 3.05) is 7.11 Å². The summed E-state index contributed by atoms with van der Waals surface area (Å²) in [5.74, 6) is 0.327. The summed E-state index contributed by atoms with van der Waals surface area (Å²) in [5, 5.41) is 13.8. The molecule has 0 fully saturated rings. The van der Waals surface area contributed by atoms with Crippen molar-refractivity contribution in [3.05, 3.63) is 114 Å². The van der Waals surface area contributed by atoms with E-state index in [1.165, 1.54) is 12.1 Å². The van der Waals surface area contributed by atoms with Crippen LogP contribution in [0.2, 0.25) is 0 Å². The molecule has 1 amide bonds. The van der Waals surface area contributed by atoms with Crippen molar-refractivity contribution in [3.63, 3.8) is 0 Å². The van der Waals surface area contributed by atoms with Crippen molar-refractivity contribution in [2.45, 2.75) is 18.9 Å². The maximum absolute atomic E-state index is 14.0. The van der Waals surface area contributed by atoms with Crippen LogP contribution in [0.1, 0.15) is 22.9 Å². The summed E-state index contributed by atoms with van der Waals surface area (Å²) in [5.41, 5.74) is 4.82. The number of phenolic OH excluding ortho intramolecular Hbond substituents is 1. The Kier molecular flexibility index (Phi) is 6.85. The van der Waals surface area contributed by atoms with E-state index in [-0.39, 0.29) is 23.9 Å². The summed E-state index contributed by atoms with van der Waals surface area (Å²) in [6.07, 6.45) is 3.93. The fourth-order valence-corrected chi connectivity index (χ4v) is 4.56. The number of rotatable bonds is 8. The molecule has 5 rings (SSSR count). The van der Waals surface area contributed by atoms with Crippen LogP contribution in [0.25, 0.3) is 22.0 Å². The molecule has 0 aliphatic carbocycles. The lowest BCUT2D eigenvalue weighted by molar-refractivity contribution is -0.121. The highest BCUT2D eigenvalue weighted by atomic mass is 19.1. The number of nitrogens with zero attached hydrogens (tertiary/aromatic N) is 1. The number of H-pyrrole nitrogens is 1. The lowest BCUT2D eigenvalue weighted by atomic mass is 9.95. The van der Waals surface area contributed by atoms with Crippen LogP contribution in [0.5, 0.6) is 11.5 Å². The van der Waals surface area contributed by atoms with Crippen LogP contribution < -0.4 is 10.1 Å². The predicted molar refractivity (Wildman–Crippen MR) is 141 cm³/mol. The smallest absolute Gasteiger partial charge is 0.225 e. The lowest BCUT2D eigenvalue weighted by Gasteiger charge is -2.21. The zero-order chi connectivity index (χ0) is 25.8. The van der Waals surface area contributed by atoms with E-state index in [2.05, 4.69) is 15.3 Å². The molecule has 0 saturated heterocycles. The summed E-state index contributed by atoms with van der Waals surface area (Å²) in [6.45, 7) is 0. The Labute approximate surface area is 213 Å². The zero-order valence-corrected chi connectivity index (χ0v) is 20.2. The summed E-state index contributed by atoms with van der Waals surface area (Å²) in [4.78, 5) is 21.1. The lowest BCUT2D eigenvalue weighted by Crippen LogP contribution is -2.32. The number of hydrogen-bond acceptors (Lipinski definition) is 4. The molecule has 0 aliphatic rings. The molecule has 6 nitrogen and oxygen atoms in total. The van der Waals surface area contributed by atoms with Gasteiger partial charge in [0.2, 0.25) is 5.91 Å². The van der Waals surface area contributed by atoms with Gasteiger partial charge in [-0.15, -0.1) is 0 Å². The molecule has 0 bridgehead atoms. The third-order valence-electron chi connectivity index (χ3n) is 6.34. The highest BCUT2D eigenvalue weighted by molar-refractivity contribution is 5.90. The Hall–Kier alpha value is -4.65. The van der Waals surface area contributed by atoms with E-state index in [0.29, 0.717) is 12.1 Å². The van der Waals surface area contributed by atoms with Gasteiger partial charge in [0.05, 0.1) is 25.3 Å². The Balaban J connectivity index is 1.48. The first kappa shape index (κ1) is 24.1. The molecule has 186 valence electrons. The minimum absolute atomic E-state index is 0.105. The molecule has 0 aliphatic heterocycles. The number of aromatic amines is 1. The number of phenols is 1. The zero-order valence-electron chi connectivity index (χ0n) is 20.2. The van der Waals surface area contributed by atoms with Crippen molar-refractivity contribution in [1.82, 2.24) is 15.3 Å². The van der Waals surface area contributed by atoms with E-state index in [0.717, 1.165) is 38.9 Å². The molecule has 0 spiro atoms. The Morgan fingerprint density at radius 2 is 1.92 bits per heavy atom. The number of carbonyl (C=O) groups excluding carboxylic acids is 1. The van der Waals surface area contributed by atoms with Crippen molar-refractivity contribution in [1.29, 1.82) is 0 Å². The Morgan fingerprint density at radius 1 is 1.08 bits per heavy atom. The Bertz CT molecular complexity index is 1550. The number of hydrogen-bond donors (Lipinski definition) is 3. The van der Waals surface area contributed by atoms with Gasteiger partial charge >= 0.3 is 0 Å². The molecule has 37 heavy (non-hydrogen) atoms. The van der Waals surface area contributed by atoms with Crippen molar-refractivity contribution in [3.8, 4) is 22.6 Å². The van der Waals surface area contributed by atoms with Crippen LogP contribution in [-0.4, -0.2) is 28.1 Å². The number of methoxy groups -OCH3 is 1. The monoisotopic (exact) mass is 495 g/mol. The number of carbonyl (C=O) groups is 1. The van der Waals surface area contributed by atoms with Crippen LogP contribution in [0.4, 0.5) is 4.39 Å². The quantitative estimate of drug-likeness (QED) is 0.257.